The highest BCUT2D eigenvalue weighted by Crippen LogP contribution is 2.21. The molecular formula is C12H27N3O. The summed E-state index contributed by atoms with van der Waals surface area (Å²) in [4.78, 5) is 4.31. The summed E-state index contributed by atoms with van der Waals surface area (Å²) < 4.78 is 5.41. The molecule has 2 atom stereocenters. The number of hydrogen-bond acceptors (Lipinski definition) is 2. The largest absolute Gasteiger partial charge is 0.379 e. The average molecular weight is 229 g/mol. The molecule has 0 aliphatic carbocycles. The topological polar surface area (TPSA) is 59.6 Å². The van der Waals surface area contributed by atoms with Gasteiger partial charge in [-0.3, -0.25) is 4.99 Å². The maximum Gasteiger partial charge on any atom is 0.188 e. The molecule has 4 nitrogen and oxygen atoms in total. The molecule has 0 aliphatic heterocycles. The van der Waals surface area contributed by atoms with Crippen molar-refractivity contribution >= 4 is 5.96 Å². The summed E-state index contributed by atoms with van der Waals surface area (Å²) in [6, 6.07) is 0.361. The molecule has 0 fully saturated rings. The summed E-state index contributed by atoms with van der Waals surface area (Å²) in [6.07, 6.45) is 1.12. The molecule has 0 spiro atoms. The number of nitrogens with one attached hydrogen (secondary N) is 1. The normalized spacial score (nSPS) is 17.0. The molecule has 0 aromatic heterocycles. The smallest absolute Gasteiger partial charge is 0.188 e. The monoisotopic (exact) mass is 229 g/mol. The molecule has 0 saturated heterocycles. The van der Waals surface area contributed by atoms with Gasteiger partial charge in [0.1, 0.15) is 0 Å². The number of ether oxygens (including phenoxy) is 1. The van der Waals surface area contributed by atoms with Crippen molar-refractivity contribution in [1.29, 1.82) is 0 Å². The van der Waals surface area contributed by atoms with Gasteiger partial charge in [0.25, 0.3) is 0 Å². The number of rotatable bonds is 5. The van der Waals surface area contributed by atoms with Crippen LogP contribution in [0.3, 0.4) is 0 Å². The lowest BCUT2D eigenvalue weighted by Gasteiger charge is -2.28. The summed E-state index contributed by atoms with van der Waals surface area (Å²) in [6.45, 7) is 11.2. The van der Waals surface area contributed by atoms with Gasteiger partial charge in [-0.2, -0.15) is 0 Å². The van der Waals surface area contributed by atoms with Gasteiger partial charge < -0.3 is 15.8 Å². The van der Waals surface area contributed by atoms with E-state index >= 15 is 0 Å². The Hall–Kier alpha value is -0.770. The molecule has 0 aromatic rings. The molecule has 2 unspecified atom stereocenters. The van der Waals surface area contributed by atoms with Crippen LogP contribution in [-0.2, 0) is 4.74 Å². The van der Waals surface area contributed by atoms with E-state index in [9.17, 15) is 0 Å². The van der Waals surface area contributed by atoms with Gasteiger partial charge in [-0.1, -0.05) is 27.7 Å². The maximum absolute atomic E-state index is 5.78. The predicted molar refractivity (Wildman–Crippen MR) is 69.6 cm³/mol. The number of aliphatic imine (C=N–C) groups is 1. The van der Waals surface area contributed by atoms with Gasteiger partial charge in [0.2, 0.25) is 0 Å². The summed E-state index contributed by atoms with van der Waals surface area (Å²) >= 11 is 0. The Morgan fingerprint density at radius 2 is 2.00 bits per heavy atom. The van der Waals surface area contributed by atoms with E-state index in [0.29, 0.717) is 18.5 Å². The van der Waals surface area contributed by atoms with Crippen LogP contribution >= 0.6 is 0 Å². The molecule has 16 heavy (non-hydrogen) atoms. The van der Waals surface area contributed by atoms with Gasteiger partial charge in [-0.05, 0) is 18.8 Å². The second kappa shape index (κ2) is 6.74. The van der Waals surface area contributed by atoms with Gasteiger partial charge in [-0.15, -0.1) is 0 Å². The lowest BCUT2D eigenvalue weighted by molar-refractivity contribution is 0.0241. The van der Waals surface area contributed by atoms with Gasteiger partial charge in [-0.25, -0.2) is 0 Å². The van der Waals surface area contributed by atoms with Crippen LogP contribution in [0.1, 0.15) is 41.0 Å². The third kappa shape index (κ3) is 5.95. The van der Waals surface area contributed by atoms with E-state index in [1.807, 2.05) is 0 Å². The zero-order valence-electron chi connectivity index (χ0n) is 11.5. The van der Waals surface area contributed by atoms with Gasteiger partial charge in [0, 0.05) is 13.2 Å². The van der Waals surface area contributed by atoms with Crippen LogP contribution in [0.5, 0.6) is 0 Å². The Bertz CT molecular complexity index is 221. The molecule has 0 saturated carbocycles. The van der Waals surface area contributed by atoms with Gasteiger partial charge >= 0.3 is 0 Å². The third-order valence-electron chi connectivity index (χ3n) is 2.68. The van der Waals surface area contributed by atoms with Gasteiger partial charge in [0.15, 0.2) is 5.96 Å². The molecule has 0 aromatic carbocycles. The van der Waals surface area contributed by atoms with Crippen LogP contribution in [0.2, 0.25) is 0 Å². The van der Waals surface area contributed by atoms with Crippen LogP contribution < -0.4 is 11.1 Å². The van der Waals surface area contributed by atoms with Crippen molar-refractivity contribution in [2.75, 3.05) is 13.7 Å². The van der Waals surface area contributed by atoms with Crippen LogP contribution in [-0.4, -0.2) is 31.8 Å². The fourth-order valence-electron chi connectivity index (χ4n) is 1.28. The Labute approximate surface area is 99.7 Å². The Morgan fingerprint density at radius 1 is 1.44 bits per heavy atom. The second-order valence-corrected chi connectivity index (χ2v) is 5.27. The number of hydrogen-bond donors (Lipinski definition) is 2. The number of methoxy groups -OCH3 is 1. The quantitative estimate of drug-likeness (QED) is 0.558. The first-order valence-electron chi connectivity index (χ1n) is 5.90. The fraction of sp³-hybridized carbons (Fsp3) is 0.917. The SMILES string of the molecule is CCC(C)NC(N)=NCC(OC)C(C)(C)C. The highest BCUT2D eigenvalue weighted by atomic mass is 16.5. The van der Waals surface area contributed by atoms with Crippen molar-refractivity contribution < 1.29 is 4.74 Å². The van der Waals surface area contributed by atoms with E-state index in [-0.39, 0.29) is 11.5 Å². The fourth-order valence-corrected chi connectivity index (χ4v) is 1.28. The zero-order chi connectivity index (χ0) is 12.8. The summed E-state index contributed by atoms with van der Waals surface area (Å²) in [7, 11) is 1.71. The van der Waals surface area contributed by atoms with Crippen molar-refractivity contribution in [3.05, 3.63) is 0 Å². The minimum Gasteiger partial charge on any atom is -0.379 e. The molecule has 0 rings (SSSR count). The van der Waals surface area contributed by atoms with Crippen molar-refractivity contribution in [2.24, 2.45) is 16.1 Å². The zero-order valence-corrected chi connectivity index (χ0v) is 11.5. The Morgan fingerprint density at radius 3 is 2.38 bits per heavy atom. The molecule has 96 valence electrons. The second-order valence-electron chi connectivity index (χ2n) is 5.27. The lowest BCUT2D eigenvalue weighted by Crippen LogP contribution is -2.39. The third-order valence-corrected chi connectivity index (χ3v) is 2.68. The van der Waals surface area contributed by atoms with Gasteiger partial charge in [0.05, 0.1) is 12.6 Å². The van der Waals surface area contributed by atoms with E-state index in [1.165, 1.54) is 0 Å². The van der Waals surface area contributed by atoms with Crippen LogP contribution in [0, 0.1) is 5.41 Å². The predicted octanol–water partition coefficient (Wildman–Crippen LogP) is 1.75. The first kappa shape index (κ1) is 15.2. The number of guanidine groups is 1. The Balaban J connectivity index is 4.23. The molecular weight excluding hydrogens is 202 g/mol. The molecule has 4 heteroatoms. The molecule has 0 bridgehead atoms. The summed E-state index contributed by atoms with van der Waals surface area (Å²) in [5.74, 6) is 0.501. The van der Waals surface area contributed by atoms with Crippen molar-refractivity contribution in [2.45, 2.75) is 53.2 Å². The van der Waals surface area contributed by atoms with Crippen LogP contribution in [0.15, 0.2) is 4.99 Å². The highest BCUT2D eigenvalue weighted by Gasteiger charge is 2.23. The maximum atomic E-state index is 5.78. The lowest BCUT2D eigenvalue weighted by atomic mass is 9.89. The highest BCUT2D eigenvalue weighted by molar-refractivity contribution is 5.78. The van der Waals surface area contributed by atoms with Crippen LogP contribution in [0.25, 0.3) is 0 Å². The van der Waals surface area contributed by atoms with Crippen molar-refractivity contribution in [1.82, 2.24) is 5.32 Å². The molecule has 0 aliphatic rings. The van der Waals surface area contributed by atoms with Crippen LogP contribution in [0.4, 0.5) is 0 Å². The van der Waals surface area contributed by atoms with E-state index in [4.69, 9.17) is 10.5 Å². The summed E-state index contributed by atoms with van der Waals surface area (Å²) in [5.41, 5.74) is 5.86. The summed E-state index contributed by atoms with van der Waals surface area (Å²) in [5, 5.41) is 3.13. The van der Waals surface area contributed by atoms with Crippen molar-refractivity contribution in [3.8, 4) is 0 Å². The van der Waals surface area contributed by atoms with Crippen molar-refractivity contribution in [3.63, 3.8) is 0 Å². The molecule has 0 heterocycles. The first-order valence-corrected chi connectivity index (χ1v) is 5.90. The van der Waals surface area contributed by atoms with E-state index in [1.54, 1.807) is 7.11 Å². The minimum absolute atomic E-state index is 0.0783. The minimum atomic E-state index is 0.0783. The Kier molecular flexibility index (Phi) is 6.41. The van der Waals surface area contributed by atoms with E-state index < -0.39 is 0 Å². The van der Waals surface area contributed by atoms with E-state index in [2.05, 4.69) is 44.9 Å². The molecule has 3 N–H and O–H groups in total. The number of nitrogens with two attached hydrogens (primary N) is 1. The van der Waals surface area contributed by atoms with E-state index in [0.717, 1.165) is 6.42 Å². The molecule has 0 radical (unpaired) electrons. The first-order chi connectivity index (χ1) is 7.31. The molecule has 0 amide bonds. The standard InChI is InChI=1S/C12H27N3O/c1-7-9(2)15-11(13)14-8-10(16-6)12(3,4)5/h9-10H,7-8H2,1-6H3,(H3,13,14,15). The number of nitrogens with zero attached hydrogens (tertiary/aromatic N) is 1. The average Bonchev–Trinajstić information content (AvgIpc) is 2.16.